The minimum atomic E-state index is 0.739. The number of hydrogen-bond donors (Lipinski definition) is 0. The molecule has 1 fully saturated rings. The van der Waals surface area contributed by atoms with Crippen molar-refractivity contribution in [2.24, 2.45) is 11.8 Å². The lowest BCUT2D eigenvalue weighted by Gasteiger charge is -2.35. The van der Waals surface area contributed by atoms with Crippen LogP contribution < -0.4 is 4.90 Å². The fourth-order valence-electron chi connectivity index (χ4n) is 2.54. The van der Waals surface area contributed by atoms with Gasteiger partial charge in [0, 0.05) is 19.3 Å². The summed E-state index contributed by atoms with van der Waals surface area (Å²) in [6.45, 7) is 6.68. The van der Waals surface area contributed by atoms with Crippen molar-refractivity contribution in [3.63, 3.8) is 0 Å². The molecule has 0 N–H and O–H groups in total. The van der Waals surface area contributed by atoms with E-state index in [2.05, 4.69) is 29.8 Å². The summed E-state index contributed by atoms with van der Waals surface area (Å²) in [4.78, 5) is 6.43. The molecule has 3 heteroatoms. The monoisotopic (exact) mass is 229 g/mol. The van der Waals surface area contributed by atoms with Gasteiger partial charge in [0.2, 0.25) is 0 Å². The van der Waals surface area contributed by atoms with E-state index in [4.69, 9.17) is 5.26 Å². The molecule has 0 aromatic carbocycles. The van der Waals surface area contributed by atoms with E-state index < -0.39 is 0 Å². The zero-order chi connectivity index (χ0) is 12.3. The van der Waals surface area contributed by atoms with Gasteiger partial charge < -0.3 is 4.90 Å². The SMILES string of the molecule is CC(C)C1CCN(c2cnccc2C#N)CC1. The molecule has 1 saturated heterocycles. The molecule has 1 aliphatic heterocycles. The lowest BCUT2D eigenvalue weighted by molar-refractivity contribution is 0.311. The smallest absolute Gasteiger partial charge is 0.101 e. The van der Waals surface area contributed by atoms with Crippen LogP contribution in [0.5, 0.6) is 0 Å². The largest absolute Gasteiger partial charge is 0.369 e. The van der Waals surface area contributed by atoms with E-state index in [9.17, 15) is 0 Å². The van der Waals surface area contributed by atoms with Gasteiger partial charge >= 0.3 is 0 Å². The lowest BCUT2D eigenvalue weighted by Crippen LogP contribution is -2.35. The molecular weight excluding hydrogens is 210 g/mol. The Morgan fingerprint density at radius 3 is 2.71 bits per heavy atom. The Kier molecular flexibility index (Phi) is 3.63. The Morgan fingerprint density at radius 1 is 1.41 bits per heavy atom. The second kappa shape index (κ2) is 5.18. The van der Waals surface area contributed by atoms with E-state index in [0.717, 1.165) is 36.2 Å². The van der Waals surface area contributed by atoms with Crippen molar-refractivity contribution in [2.45, 2.75) is 26.7 Å². The molecule has 1 aromatic heterocycles. The first kappa shape index (κ1) is 11.9. The molecular formula is C14H19N3. The molecule has 0 radical (unpaired) electrons. The van der Waals surface area contributed by atoms with Crippen molar-refractivity contribution in [3.8, 4) is 6.07 Å². The second-order valence-corrected chi connectivity index (χ2v) is 5.07. The summed E-state index contributed by atoms with van der Waals surface area (Å²) >= 11 is 0. The first-order valence-electron chi connectivity index (χ1n) is 6.31. The standard InChI is InChI=1S/C14H19N3/c1-11(2)12-4-7-17(8-5-12)14-10-16-6-3-13(14)9-15/h3,6,10-12H,4-5,7-8H2,1-2H3. The molecule has 2 rings (SSSR count). The molecule has 0 spiro atoms. The van der Waals surface area contributed by atoms with Crippen LogP contribution in [0.15, 0.2) is 18.5 Å². The van der Waals surface area contributed by atoms with Crippen LogP contribution in [-0.4, -0.2) is 18.1 Å². The van der Waals surface area contributed by atoms with Gasteiger partial charge in [-0.3, -0.25) is 4.98 Å². The molecule has 0 amide bonds. The van der Waals surface area contributed by atoms with Gasteiger partial charge in [0.1, 0.15) is 6.07 Å². The summed E-state index contributed by atoms with van der Waals surface area (Å²) in [5, 5.41) is 9.08. The summed E-state index contributed by atoms with van der Waals surface area (Å²) < 4.78 is 0. The van der Waals surface area contributed by atoms with Crippen LogP contribution in [0.25, 0.3) is 0 Å². The van der Waals surface area contributed by atoms with E-state index in [1.54, 1.807) is 12.3 Å². The Balaban J connectivity index is 2.08. The number of nitrogens with zero attached hydrogens (tertiary/aromatic N) is 3. The van der Waals surface area contributed by atoms with E-state index >= 15 is 0 Å². The van der Waals surface area contributed by atoms with Crippen LogP contribution in [0.1, 0.15) is 32.3 Å². The summed E-state index contributed by atoms with van der Waals surface area (Å²) in [7, 11) is 0. The van der Waals surface area contributed by atoms with Gasteiger partial charge in [-0.1, -0.05) is 13.8 Å². The van der Waals surface area contributed by atoms with Crippen molar-refractivity contribution >= 4 is 5.69 Å². The van der Waals surface area contributed by atoms with Gasteiger partial charge in [0.25, 0.3) is 0 Å². The van der Waals surface area contributed by atoms with Crippen molar-refractivity contribution in [1.82, 2.24) is 4.98 Å². The maximum atomic E-state index is 9.08. The first-order chi connectivity index (χ1) is 8.22. The fourth-order valence-corrected chi connectivity index (χ4v) is 2.54. The van der Waals surface area contributed by atoms with Crippen LogP contribution in [0.3, 0.4) is 0 Å². The van der Waals surface area contributed by atoms with Gasteiger partial charge in [0.15, 0.2) is 0 Å². The molecule has 90 valence electrons. The highest BCUT2D eigenvalue weighted by Crippen LogP contribution is 2.28. The van der Waals surface area contributed by atoms with E-state index in [1.807, 2.05) is 6.20 Å². The number of rotatable bonds is 2. The Bertz CT molecular complexity index is 412. The number of nitriles is 1. The predicted molar refractivity (Wildman–Crippen MR) is 68.7 cm³/mol. The number of hydrogen-bond acceptors (Lipinski definition) is 3. The zero-order valence-corrected chi connectivity index (χ0v) is 10.6. The van der Waals surface area contributed by atoms with Gasteiger partial charge in [-0.25, -0.2) is 0 Å². The molecule has 0 unspecified atom stereocenters. The Hall–Kier alpha value is -1.56. The Morgan fingerprint density at radius 2 is 2.12 bits per heavy atom. The topological polar surface area (TPSA) is 39.9 Å². The van der Waals surface area contributed by atoms with Gasteiger partial charge in [-0.05, 0) is 30.7 Å². The molecule has 2 heterocycles. The highest BCUT2D eigenvalue weighted by Gasteiger charge is 2.22. The fraction of sp³-hybridized carbons (Fsp3) is 0.571. The molecule has 0 aliphatic carbocycles. The highest BCUT2D eigenvalue weighted by atomic mass is 15.1. The number of pyridine rings is 1. The normalized spacial score (nSPS) is 17.2. The van der Waals surface area contributed by atoms with Gasteiger partial charge in [0.05, 0.1) is 17.4 Å². The minimum absolute atomic E-state index is 0.739. The highest BCUT2D eigenvalue weighted by molar-refractivity contribution is 5.57. The zero-order valence-electron chi connectivity index (χ0n) is 10.6. The number of anilines is 1. The average molecular weight is 229 g/mol. The summed E-state index contributed by atoms with van der Waals surface area (Å²) in [6.07, 6.45) is 5.94. The van der Waals surface area contributed by atoms with Crippen LogP contribution >= 0.6 is 0 Å². The van der Waals surface area contributed by atoms with Gasteiger partial charge in [-0.15, -0.1) is 0 Å². The van der Waals surface area contributed by atoms with E-state index in [1.165, 1.54) is 12.8 Å². The number of aromatic nitrogens is 1. The second-order valence-electron chi connectivity index (χ2n) is 5.07. The maximum absolute atomic E-state index is 9.08. The van der Waals surface area contributed by atoms with Gasteiger partial charge in [-0.2, -0.15) is 5.26 Å². The third-order valence-electron chi connectivity index (χ3n) is 3.74. The van der Waals surface area contributed by atoms with Crippen LogP contribution in [0, 0.1) is 23.2 Å². The molecule has 0 atom stereocenters. The minimum Gasteiger partial charge on any atom is -0.369 e. The Labute approximate surface area is 103 Å². The van der Waals surface area contributed by atoms with Crippen molar-refractivity contribution in [1.29, 1.82) is 5.26 Å². The average Bonchev–Trinajstić information content (AvgIpc) is 2.39. The van der Waals surface area contributed by atoms with Crippen LogP contribution in [-0.2, 0) is 0 Å². The van der Waals surface area contributed by atoms with Crippen molar-refractivity contribution in [2.75, 3.05) is 18.0 Å². The molecule has 1 aliphatic rings. The molecule has 3 nitrogen and oxygen atoms in total. The lowest BCUT2D eigenvalue weighted by atomic mass is 9.86. The molecule has 0 saturated carbocycles. The third kappa shape index (κ3) is 2.58. The number of piperidine rings is 1. The predicted octanol–water partition coefficient (Wildman–Crippen LogP) is 2.83. The first-order valence-corrected chi connectivity index (χ1v) is 6.31. The quantitative estimate of drug-likeness (QED) is 0.783. The van der Waals surface area contributed by atoms with Crippen molar-refractivity contribution in [3.05, 3.63) is 24.0 Å². The van der Waals surface area contributed by atoms with E-state index in [-0.39, 0.29) is 0 Å². The summed E-state index contributed by atoms with van der Waals surface area (Å²) in [6, 6.07) is 4.04. The molecule has 1 aromatic rings. The third-order valence-corrected chi connectivity index (χ3v) is 3.74. The van der Waals surface area contributed by atoms with Crippen LogP contribution in [0.2, 0.25) is 0 Å². The summed E-state index contributed by atoms with van der Waals surface area (Å²) in [5.41, 5.74) is 1.74. The molecule has 0 bridgehead atoms. The van der Waals surface area contributed by atoms with Crippen molar-refractivity contribution < 1.29 is 0 Å². The summed E-state index contributed by atoms with van der Waals surface area (Å²) in [5.74, 6) is 1.59. The van der Waals surface area contributed by atoms with E-state index in [0.29, 0.717) is 0 Å². The maximum Gasteiger partial charge on any atom is 0.101 e. The van der Waals surface area contributed by atoms with Crippen LogP contribution in [0.4, 0.5) is 5.69 Å². The molecule has 17 heavy (non-hydrogen) atoms.